The molecule has 0 radical (unpaired) electrons. The molecule has 0 unspecified atom stereocenters. The number of benzene rings is 1. The first-order valence-electron chi connectivity index (χ1n) is 6.66. The number of nitrogens with one attached hydrogen (secondary N) is 3. The fourth-order valence-electron chi connectivity index (χ4n) is 1.85. The molecular weight excluding hydrogens is 298 g/mol. The van der Waals surface area contributed by atoms with Crippen molar-refractivity contribution in [1.82, 2.24) is 15.4 Å². The average molecular weight is 312 g/mol. The van der Waals surface area contributed by atoms with Gasteiger partial charge >= 0.3 is 5.16 Å². The van der Waals surface area contributed by atoms with Crippen LogP contribution in [0.25, 0.3) is 11.0 Å². The topological polar surface area (TPSA) is 84.3 Å². The molecule has 0 bridgehead atoms. The number of hydrogen-bond donors (Lipinski definition) is 2. The number of H-pyrrole nitrogens is 2. The van der Waals surface area contributed by atoms with E-state index in [2.05, 4.69) is 25.5 Å². The van der Waals surface area contributed by atoms with Crippen LogP contribution in [0.1, 0.15) is 5.56 Å². The Kier molecular flexibility index (Phi) is 4.45. The van der Waals surface area contributed by atoms with E-state index in [0.717, 1.165) is 21.8 Å². The lowest BCUT2D eigenvalue weighted by Crippen LogP contribution is -2.20. The number of nitrogens with zero attached hydrogens (tertiary/aromatic N) is 2. The van der Waals surface area contributed by atoms with Crippen molar-refractivity contribution in [1.29, 1.82) is 0 Å². The van der Waals surface area contributed by atoms with Gasteiger partial charge in [-0.3, -0.25) is 9.78 Å². The normalized spacial score (nSPS) is 11.1. The maximum Gasteiger partial charge on any atom is 0.315 e. The van der Waals surface area contributed by atoms with Crippen LogP contribution in [0, 0.1) is 0 Å². The number of rotatable bonds is 5. The minimum Gasteiger partial charge on any atom is -0.272 e. The fourth-order valence-corrected chi connectivity index (χ4v) is 2.55. The summed E-state index contributed by atoms with van der Waals surface area (Å²) in [4.78, 5) is 22.1. The summed E-state index contributed by atoms with van der Waals surface area (Å²) in [6.07, 6.45) is 4.93. The van der Waals surface area contributed by atoms with Crippen molar-refractivity contribution < 1.29 is 9.78 Å². The molecule has 3 N–H and O–H groups in total. The summed E-state index contributed by atoms with van der Waals surface area (Å²) < 4.78 is 0. The summed E-state index contributed by atoms with van der Waals surface area (Å²) in [7, 11) is 0. The first-order chi connectivity index (χ1) is 10.8. The maximum absolute atomic E-state index is 11.7. The van der Waals surface area contributed by atoms with Crippen LogP contribution >= 0.6 is 11.8 Å². The number of fused-ring (bicyclic) bond motifs is 1. The third-order valence-corrected chi connectivity index (χ3v) is 3.78. The number of pyridine rings is 1. The van der Waals surface area contributed by atoms with Crippen molar-refractivity contribution in [3.05, 3.63) is 54.4 Å². The van der Waals surface area contributed by atoms with E-state index in [1.807, 2.05) is 36.4 Å². The highest BCUT2D eigenvalue weighted by molar-refractivity contribution is 7.99. The minimum atomic E-state index is -0.164. The number of amides is 1. The van der Waals surface area contributed by atoms with Crippen LogP contribution in [0.4, 0.5) is 0 Å². The van der Waals surface area contributed by atoms with Gasteiger partial charge in [0, 0.05) is 12.4 Å². The van der Waals surface area contributed by atoms with Gasteiger partial charge in [0.15, 0.2) is 11.0 Å². The van der Waals surface area contributed by atoms with E-state index in [9.17, 15) is 4.79 Å². The van der Waals surface area contributed by atoms with Gasteiger partial charge in [0.05, 0.1) is 12.0 Å². The second-order valence-electron chi connectivity index (χ2n) is 4.49. The lowest BCUT2D eigenvalue weighted by molar-refractivity contribution is -0.396. The fraction of sp³-hybridized carbons (Fsp3) is 0.0667. The van der Waals surface area contributed by atoms with Crippen molar-refractivity contribution in [3.8, 4) is 0 Å². The monoisotopic (exact) mass is 312 g/mol. The van der Waals surface area contributed by atoms with E-state index < -0.39 is 0 Å². The van der Waals surface area contributed by atoms with Crippen molar-refractivity contribution in [2.75, 3.05) is 5.75 Å². The van der Waals surface area contributed by atoms with Gasteiger partial charge in [0.2, 0.25) is 0 Å². The number of thioether (sulfide) groups is 1. The highest BCUT2D eigenvalue weighted by atomic mass is 32.2. The Balaban J connectivity index is 1.51. The van der Waals surface area contributed by atoms with Gasteiger partial charge in [-0.05, 0) is 41.6 Å². The summed E-state index contributed by atoms with van der Waals surface area (Å²) in [6.45, 7) is 0. The smallest absolute Gasteiger partial charge is 0.272 e. The zero-order valence-corrected chi connectivity index (χ0v) is 12.4. The number of hydrazone groups is 1. The number of hydrogen-bond acceptors (Lipinski definition) is 4. The molecule has 0 saturated heterocycles. The zero-order valence-electron chi connectivity index (χ0n) is 11.6. The zero-order chi connectivity index (χ0) is 15.2. The predicted molar refractivity (Wildman–Crippen MR) is 85.6 cm³/mol. The van der Waals surface area contributed by atoms with Gasteiger partial charge in [-0.25, -0.2) is 15.4 Å². The highest BCUT2D eigenvalue weighted by Gasteiger charge is 2.11. The van der Waals surface area contributed by atoms with Gasteiger partial charge in [0.25, 0.3) is 5.91 Å². The first kappa shape index (κ1) is 14.3. The molecule has 22 heavy (non-hydrogen) atoms. The second kappa shape index (κ2) is 6.86. The Hall–Kier alpha value is -2.67. The van der Waals surface area contributed by atoms with E-state index in [-0.39, 0.29) is 11.7 Å². The van der Waals surface area contributed by atoms with Crippen LogP contribution in [0.5, 0.6) is 0 Å². The van der Waals surface area contributed by atoms with Crippen molar-refractivity contribution >= 4 is 34.9 Å². The van der Waals surface area contributed by atoms with E-state index >= 15 is 0 Å². The summed E-state index contributed by atoms with van der Waals surface area (Å²) in [5.41, 5.74) is 5.41. The lowest BCUT2D eigenvalue weighted by Gasteiger charge is -1.96. The summed E-state index contributed by atoms with van der Waals surface area (Å²) >= 11 is 1.39. The number of carbonyl (C=O) groups is 1. The first-order valence-corrected chi connectivity index (χ1v) is 7.64. The molecule has 1 amide bonds. The van der Waals surface area contributed by atoms with Gasteiger partial charge in [-0.1, -0.05) is 12.1 Å². The molecule has 7 heteroatoms. The molecule has 0 saturated carbocycles. The van der Waals surface area contributed by atoms with Crippen LogP contribution in [0.15, 0.2) is 59.0 Å². The third-order valence-electron chi connectivity index (χ3n) is 2.88. The molecule has 0 aliphatic heterocycles. The lowest BCUT2D eigenvalue weighted by atomic mass is 10.3. The molecule has 2 heterocycles. The van der Waals surface area contributed by atoms with Crippen LogP contribution in [0.2, 0.25) is 0 Å². The largest absolute Gasteiger partial charge is 0.315 e. The van der Waals surface area contributed by atoms with Gasteiger partial charge in [0.1, 0.15) is 0 Å². The predicted octanol–water partition coefficient (Wildman–Crippen LogP) is 1.62. The highest BCUT2D eigenvalue weighted by Crippen LogP contribution is 2.14. The number of aromatic amines is 2. The Bertz CT molecular complexity index is 767. The van der Waals surface area contributed by atoms with Crippen LogP contribution in [-0.2, 0) is 4.79 Å². The maximum atomic E-state index is 11.7. The Morgan fingerprint density at radius 3 is 2.95 bits per heavy atom. The van der Waals surface area contributed by atoms with E-state index in [1.165, 1.54) is 11.8 Å². The average Bonchev–Trinajstić information content (AvgIpc) is 2.97. The number of carbonyl (C=O) groups excluding carboxylic acids is 1. The minimum absolute atomic E-state index is 0.164. The molecule has 0 aliphatic rings. The van der Waals surface area contributed by atoms with E-state index in [0.29, 0.717) is 0 Å². The van der Waals surface area contributed by atoms with Gasteiger partial charge in [-0.2, -0.15) is 5.10 Å². The van der Waals surface area contributed by atoms with Crippen LogP contribution < -0.4 is 10.4 Å². The molecule has 110 valence electrons. The standard InChI is InChI=1S/C15H13N5OS/c21-14(20-17-9-11-5-7-16-8-6-11)10-22-15-18-12-3-1-2-4-13(12)19-15/h1-9H,10H2,(H,18,19)(H,20,21)/p+1. The van der Waals surface area contributed by atoms with Gasteiger partial charge < -0.3 is 0 Å². The molecule has 3 rings (SSSR count). The van der Waals surface area contributed by atoms with Crippen molar-refractivity contribution in [2.24, 2.45) is 5.10 Å². The van der Waals surface area contributed by atoms with E-state index in [1.54, 1.807) is 18.6 Å². The Labute approximate surface area is 131 Å². The Morgan fingerprint density at radius 1 is 1.32 bits per heavy atom. The number of imidazole rings is 1. The van der Waals surface area contributed by atoms with Gasteiger partial charge in [-0.15, -0.1) is 0 Å². The molecule has 1 aromatic carbocycles. The molecule has 0 spiro atoms. The molecule has 6 nitrogen and oxygen atoms in total. The third kappa shape index (κ3) is 3.70. The number of para-hydroxylation sites is 2. The summed E-state index contributed by atoms with van der Waals surface area (Å²) in [5.74, 6) is 0.110. The molecular formula is C15H14N5OS+. The Morgan fingerprint density at radius 2 is 2.14 bits per heavy atom. The quantitative estimate of drug-likeness (QED) is 0.426. The summed E-state index contributed by atoms with van der Waals surface area (Å²) in [6, 6.07) is 11.5. The van der Waals surface area contributed by atoms with Crippen molar-refractivity contribution in [2.45, 2.75) is 5.16 Å². The van der Waals surface area contributed by atoms with Crippen LogP contribution in [-0.4, -0.2) is 27.8 Å². The number of aromatic nitrogens is 3. The molecule has 0 aliphatic carbocycles. The van der Waals surface area contributed by atoms with Crippen molar-refractivity contribution in [3.63, 3.8) is 0 Å². The second-order valence-corrected chi connectivity index (χ2v) is 5.47. The molecule has 0 atom stereocenters. The molecule has 3 aromatic rings. The molecule has 2 aromatic heterocycles. The van der Waals surface area contributed by atoms with Crippen LogP contribution in [0.3, 0.4) is 0 Å². The summed E-state index contributed by atoms with van der Waals surface area (Å²) in [5, 5.41) is 4.75. The molecule has 0 fully saturated rings. The SMILES string of the molecule is O=C(CSc1[nH]c2ccccc2[nH+]1)NN=Cc1ccncc1. The van der Waals surface area contributed by atoms with E-state index in [4.69, 9.17) is 0 Å².